The lowest BCUT2D eigenvalue weighted by molar-refractivity contribution is -0.147. The number of carbonyl (C=O) groups is 2. The number of aliphatic hydroxyl groups excluding tert-OH is 1. The van der Waals surface area contributed by atoms with E-state index in [2.05, 4.69) is 10.6 Å². The third kappa shape index (κ3) is 6.55. The standard InChI is InChI=1S/C20H28Cl2N2O5/c1-23-8-9-29-18-14(21)11-13(17(25)16(18)22)19(26)24-15(20(27)28-2)10-12-6-4-3-5-7-12/h3-7,13-18,23,25H,8-11H2,1-2H3,(H,24,26)/t13?,14?,15-,16?,17?,18?/m0/s1. The van der Waals surface area contributed by atoms with E-state index in [0.717, 1.165) is 5.56 Å². The molecule has 0 heterocycles. The first-order chi connectivity index (χ1) is 13.9. The minimum atomic E-state index is -1.15. The van der Waals surface area contributed by atoms with Gasteiger partial charge in [0, 0.05) is 13.0 Å². The first-order valence-corrected chi connectivity index (χ1v) is 10.4. The maximum Gasteiger partial charge on any atom is 0.328 e. The summed E-state index contributed by atoms with van der Waals surface area (Å²) in [6.45, 7) is 1.00. The smallest absolute Gasteiger partial charge is 0.328 e. The average Bonchev–Trinajstić information content (AvgIpc) is 2.72. The van der Waals surface area contributed by atoms with Gasteiger partial charge in [-0.05, 0) is 19.0 Å². The van der Waals surface area contributed by atoms with Gasteiger partial charge in [0.15, 0.2) is 0 Å². The van der Waals surface area contributed by atoms with Crippen molar-refractivity contribution in [1.29, 1.82) is 0 Å². The average molecular weight is 447 g/mol. The SMILES string of the molecule is CNCCOC1C(Cl)CC(C(=O)N[C@@H](Cc2ccccc2)C(=O)OC)C(O)C1Cl. The van der Waals surface area contributed by atoms with E-state index in [9.17, 15) is 14.7 Å². The van der Waals surface area contributed by atoms with Crippen molar-refractivity contribution in [3.63, 3.8) is 0 Å². The van der Waals surface area contributed by atoms with Gasteiger partial charge in [0.1, 0.15) is 6.04 Å². The first-order valence-electron chi connectivity index (χ1n) is 9.53. The number of ether oxygens (including phenoxy) is 2. The van der Waals surface area contributed by atoms with Crippen LogP contribution < -0.4 is 10.6 Å². The van der Waals surface area contributed by atoms with E-state index in [1.54, 1.807) is 7.05 Å². The Morgan fingerprint density at radius 2 is 1.97 bits per heavy atom. The van der Waals surface area contributed by atoms with E-state index in [1.807, 2.05) is 30.3 Å². The van der Waals surface area contributed by atoms with E-state index in [4.69, 9.17) is 32.7 Å². The normalized spacial score (nSPS) is 27.8. The highest BCUT2D eigenvalue weighted by atomic mass is 35.5. The molecule has 9 heteroatoms. The fourth-order valence-electron chi connectivity index (χ4n) is 3.35. The highest BCUT2D eigenvalue weighted by Gasteiger charge is 2.46. The van der Waals surface area contributed by atoms with E-state index in [-0.39, 0.29) is 12.8 Å². The van der Waals surface area contributed by atoms with Crippen LogP contribution in [0.25, 0.3) is 0 Å². The molecule has 1 aromatic carbocycles. The van der Waals surface area contributed by atoms with Gasteiger partial charge in [0.05, 0.1) is 42.6 Å². The summed E-state index contributed by atoms with van der Waals surface area (Å²) in [5.74, 6) is -1.91. The van der Waals surface area contributed by atoms with Gasteiger partial charge in [0.25, 0.3) is 0 Å². The Hall–Kier alpha value is -1.38. The van der Waals surface area contributed by atoms with Crippen LogP contribution in [-0.4, -0.2) is 73.3 Å². The summed E-state index contributed by atoms with van der Waals surface area (Å²) in [6, 6.07) is 8.39. The molecule has 1 fully saturated rings. The Morgan fingerprint density at radius 1 is 1.28 bits per heavy atom. The molecule has 0 bridgehead atoms. The van der Waals surface area contributed by atoms with Gasteiger partial charge in [-0.1, -0.05) is 30.3 Å². The molecule has 0 radical (unpaired) electrons. The second kappa shape index (κ2) is 11.7. The lowest BCUT2D eigenvalue weighted by Gasteiger charge is -2.39. The molecule has 0 saturated heterocycles. The number of alkyl halides is 2. The van der Waals surface area contributed by atoms with Crippen LogP contribution in [0.5, 0.6) is 0 Å². The number of hydrogen-bond acceptors (Lipinski definition) is 6. The minimum Gasteiger partial charge on any atom is -0.467 e. The maximum atomic E-state index is 12.8. The van der Waals surface area contributed by atoms with Crippen molar-refractivity contribution in [3.8, 4) is 0 Å². The molecule has 0 aromatic heterocycles. The predicted octanol–water partition coefficient (Wildman–Crippen LogP) is 1.09. The second-order valence-electron chi connectivity index (χ2n) is 7.01. The Bertz CT molecular complexity index is 664. The Morgan fingerprint density at radius 3 is 2.59 bits per heavy atom. The molecule has 162 valence electrons. The summed E-state index contributed by atoms with van der Waals surface area (Å²) in [5.41, 5.74) is 0.871. The largest absolute Gasteiger partial charge is 0.467 e. The van der Waals surface area contributed by atoms with Crippen LogP contribution in [-0.2, 0) is 25.5 Å². The summed E-state index contributed by atoms with van der Waals surface area (Å²) in [6.07, 6.45) is -1.28. The Labute approximate surface area is 181 Å². The van der Waals surface area contributed by atoms with Gasteiger partial charge in [-0.3, -0.25) is 4.79 Å². The van der Waals surface area contributed by atoms with Gasteiger partial charge < -0.3 is 25.2 Å². The number of amides is 1. The fourth-order valence-corrected chi connectivity index (χ4v) is 4.27. The Kier molecular flexibility index (Phi) is 9.65. The summed E-state index contributed by atoms with van der Waals surface area (Å²) < 4.78 is 10.5. The van der Waals surface area contributed by atoms with Gasteiger partial charge in [-0.15, -0.1) is 23.2 Å². The van der Waals surface area contributed by atoms with Crippen LogP contribution in [0.2, 0.25) is 0 Å². The number of esters is 1. The molecule has 1 amide bonds. The molecule has 29 heavy (non-hydrogen) atoms. The van der Waals surface area contributed by atoms with Crippen molar-refractivity contribution >= 4 is 35.1 Å². The number of benzene rings is 1. The molecule has 0 spiro atoms. The van der Waals surface area contributed by atoms with Crippen LogP contribution in [0.1, 0.15) is 12.0 Å². The van der Waals surface area contributed by atoms with Crippen LogP contribution in [0.3, 0.4) is 0 Å². The number of aliphatic hydroxyl groups is 1. The van der Waals surface area contributed by atoms with Gasteiger partial charge >= 0.3 is 5.97 Å². The molecular formula is C20H28Cl2N2O5. The fraction of sp³-hybridized carbons (Fsp3) is 0.600. The van der Waals surface area contributed by atoms with Gasteiger partial charge in [-0.25, -0.2) is 4.79 Å². The van der Waals surface area contributed by atoms with Gasteiger partial charge in [0.2, 0.25) is 5.91 Å². The molecule has 7 nitrogen and oxygen atoms in total. The molecule has 1 saturated carbocycles. The van der Waals surface area contributed by atoms with Crippen molar-refractivity contribution in [2.45, 2.75) is 41.8 Å². The molecule has 1 aromatic rings. The van der Waals surface area contributed by atoms with Crippen LogP contribution >= 0.6 is 23.2 Å². The number of rotatable bonds is 9. The molecule has 0 aliphatic heterocycles. The Balaban J connectivity index is 2.04. The van der Waals surface area contributed by atoms with E-state index >= 15 is 0 Å². The maximum absolute atomic E-state index is 12.8. The lowest BCUT2D eigenvalue weighted by atomic mass is 9.83. The lowest BCUT2D eigenvalue weighted by Crippen LogP contribution is -2.56. The van der Waals surface area contributed by atoms with E-state index < -0.39 is 46.8 Å². The second-order valence-corrected chi connectivity index (χ2v) is 8.07. The number of hydrogen-bond donors (Lipinski definition) is 3. The predicted molar refractivity (Wildman–Crippen MR) is 111 cm³/mol. The summed E-state index contributed by atoms with van der Waals surface area (Å²) in [4.78, 5) is 25.0. The number of likely N-dealkylation sites (N-methyl/N-ethyl adjacent to an activating group) is 1. The summed E-state index contributed by atoms with van der Waals surface area (Å²) in [7, 11) is 3.06. The molecule has 5 unspecified atom stereocenters. The zero-order valence-corrected chi connectivity index (χ0v) is 18.0. The highest BCUT2D eigenvalue weighted by Crippen LogP contribution is 2.34. The number of methoxy groups -OCH3 is 1. The third-order valence-electron chi connectivity index (χ3n) is 4.97. The number of carbonyl (C=O) groups excluding carboxylic acids is 2. The minimum absolute atomic E-state index is 0.182. The van der Waals surface area contributed by atoms with Crippen LogP contribution in [0.15, 0.2) is 30.3 Å². The molecule has 1 aliphatic rings. The first kappa shape index (κ1) is 23.9. The van der Waals surface area contributed by atoms with Crippen molar-refractivity contribution in [2.75, 3.05) is 27.3 Å². The summed E-state index contributed by atoms with van der Waals surface area (Å²) in [5, 5.41) is 14.8. The number of halogens is 2. The van der Waals surface area contributed by atoms with E-state index in [0.29, 0.717) is 13.2 Å². The van der Waals surface area contributed by atoms with Crippen molar-refractivity contribution in [2.24, 2.45) is 5.92 Å². The third-order valence-corrected chi connectivity index (χ3v) is 5.90. The molecule has 2 rings (SSSR count). The van der Waals surface area contributed by atoms with Crippen LogP contribution in [0, 0.1) is 5.92 Å². The van der Waals surface area contributed by atoms with Crippen molar-refractivity contribution in [3.05, 3.63) is 35.9 Å². The van der Waals surface area contributed by atoms with Gasteiger partial charge in [-0.2, -0.15) is 0 Å². The molecule has 3 N–H and O–H groups in total. The van der Waals surface area contributed by atoms with Crippen molar-refractivity contribution in [1.82, 2.24) is 10.6 Å². The van der Waals surface area contributed by atoms with E-state index in [1.165, 1.54) is 7.11 Å². The zero-order chi connectivity index (χ0) is 21.4. The monoisotopic (exact) mass is 446 g/mol. The summed E-state index contributed by atoms with van der Waals surface area (Å²) >= 11 is 12.8. The van der Waals surface area contributed by atoms with Crippen molar-refractivity contribution < 1.29 is 24.2 Å². The topological polar surface area (TPSA) is 96.9 Å². The molecule has 6 atom stereocenters. The highest BCUT2D eigenvalue weighted by molar-refractivity contribution is 6.25. The molecule has 1 aliphatic carbocycles. The zero-order valence-electron chi connectivity index (χ0n) is 16.5. The number of nitrogens with one attached hydrogen (secondary N) is 2. The van der Waals surface area contributed by atoms with Crippen LogP contribution in [0.4, 0.5) is 0 Å². The molecular weight excluding hydrogens is 419 g/mol. The quantitative estimate of drug-likeness (QED) is 0.298.